The molecule has 0 amide bonds. The first-order valence-corrected chi connectivity index (χ1v) is 8.29. The van der Waals surface area contributed by atoms with E-state index in [1.165, 1.54) is 18.2 Å². The molecule has 1 aromatic carbocycles. The van der Waals surface area contributed by atoms with E-state index >= 15 is 0 Å². The van der Waals surface area contributed by atoms with Gasteiger partial charge < -0.3 is 14.5 Å². The van der Waals surface area contributed by atoms with Gasteiger partial charge in [-0.05, 0) is 19.9 Å². The first kappa shape index (κ1) is 17.9. The van der Waals surface area contributed by atoms with Crippen molar-refractivity contribution in [2.45, 2.75) is 13.8 Å². The number of carbonyl (C=O) groups excluding carboxylic acids is 1. The summed E-state index contributed by atoms with van der Waals surface area (Å²) in [7, 11) is 0. The quantitative estimate of drug-likeness (QED) is 0.460. The SMILES string of the molecule is CCOC(=O)c1c(C)n(N2CCOCC2)c2ccc([N+](=O)[O-])cc2c1=O. The summed E-state index contributed by atoms with van der Waals surface area (Å²) in [5.74, 6) is -0.731. The maximum absolute atomic E-state index is 12.9. The number of aromatic nitrogens is 1. The van der Waals surface area contributed by atoms with Gasteiger partial charge in [0.25, 0.3) is 5.69 Å². The molecule has 0 aliphatic carbocycles. The second kappa shape index (κ2) is 7.12. The molecule has 138 valence electrons. The van der Waals surface area contributed by atoms with Gasteiger partial charge in [-0.2, -0.15) is 0 Å². The summed E-state index contributed by atoms with van der Waals surface area (Å²) in [6.45, 7) is 5.60. The number of nitrogens with zero attached hydrogens (tertiary/aromatic N) is 3. The van der Waals surface area contributed by atoms with Crippen LogP contribution < -0.4 is 10.4 Å². The molecular formula is C17H19N3O6. The number of fused-ring (bicyclic) bond motifs is 1. The van der Waals surface area contributed by atoms with E-state index in [9.17, 15) is 19.7 Å². The zero-order valence-corrected chi connectivity index (χ0v) is 14.6. The summed E-state index contributed by atoms with van der Waals surface area (Å²) < 4.78 is 12.2. The molecule has 0 atom stereocenters. The van der Waals surface area contributed by atoms with Crippen LogP contribution in [-0.2, 0) is 9.47 Å². The Kier molecular flexibility index (Phi) is 4.90. The molecule has 26 heavy (non-hydrogen) atoms. The topological polar surface area (TPSA) is 104 Å². The summed E-state index contributed by atoms with van der Waals surface area (Å²) in [5.41, 5.74) is 0.0713. The van der Waals surface area contributed by atoms with Crippen molar-refractivity contribution in [1.29, 1.82) is 0 Å². The van der Waals surface area contributed by atoms with Crippen LogP contribution in [-0.4, -0.2) is 48.5 Å². The molecule has 2 aromatic rings. The van der Waals surface area contributed by atoms with Crippen LogP contribution in [0.5, 0.6) is 0 Å². The van der Waals surface area contributed by atoms with Crippen LogP contribution in [0, 0.1) is 17.0 Å². The number of nitro benzene ring substituents is 1. The number of non-ortho nitro benzene ring substituents is 1. The molecule has 1 aliphatic rings. The third-order valence-electron chi connectivity index (χ3n) is 4.32. The Morgan fingerprint density at radius 1 is 1.35 bits per heavy atom. The van der Waals surface area contributed by atoms with Crippen molar-refractivity contribution in [3.05, 3.63) is 49.8 Å². The van der Waals surface area contributed by atoms with Crippen molar-refractivity contribution >= 4 is 22.6 Å². The largest absolute Gasteiger partial charge is 0.462 e. The molecule has 0 radical (unpaired) electrons. The minimum Gasteiger partial charge on any atom is -0.462 e. The van der Waals surface area contributed by atoms with Gasteiger partial charge in [-0.25, -0.2) is 4.79 Å². The molecule has 0 spiro atoms. The van der Waals surface area contributed by atoms with Gasteiger partial charge >= 0.3 is 5.97 Å². The molecule has 0 bridgehead atoms. The highest BCUT2D eigenvalue weighted by molar-refractivity contribution is 5.96. The van der Waals surface area contributed by atoms with Gasteiger partial charge in [0.05, 0.1) is 54.4 Å². The van der Waals surface area contributed by atoms with Gasteiger partial charge in [0.15, 0.2) is 0 Å². The monoisotopic (exact) mass is 361 g/mol. The molecular weight excluding hydrogens is 342 g/mol. The highest BCUT2D eigenvalue weighted by atomic mass is 16.6. The lowest BCUT2D eigenvalue weighted by Gasteiger charge is -2.34. The average Bonchev–Trinajstić information content (AvgIpc) is 2.62. The number of benzene rings is 1. The van der Waals surface area contributed by atoms with Gasteiger partial charge in [-0.3, -0.25) is 19.6 Å². The minimum atomic E-state index is -0.731. The number of morpholine rings is 1. The Hall–Kier alpha value is -2.94. The standard InChI is InChI=1S/C17H19N3O6/c1-3-26-17(22)15-11(2)19(18-6-8-25-9-7-18)14-5-4-12(20(23)24)10-13(14)16(15)21/h4-5,10H,3,6-9H2,1-2H3. The first-order chi connectivity index (χ1) is 12.5. The third-order valence-corrected chi connectivity index (χ3v) is 4.32. The number of carbonyl (C=O) groups is 1. The van der Waals surface area contributed by atoms with Crippen molar-refractivity contribution in [1.82, 2.24) is 4.68 Å². The molecule has 0 saturated carbocycles. The second-order valence-electron chi connectivity index (χ2n) is 5.85. The Morgan fingerprint density at radius 2 is 2.04 bits per heavy atom. The fourth-order valence-electron chi connectivity index (χ4n) is 3.15. The molecule has 2 heterocycles. The second-order valence-corrected chi connectivity index (χ2v) is 5.85. The molecule has 0 unspecified atom stereocenters. The predicted octanol–water partition coefficient (Wildman–Crippen LogP) is 1.36. The Balaban J connectivity index is 2.33. The van der Waals surface area contributed by atoms with E-state index in [0.29, 0.717) is 37.5 Å². The number of ether oxygens (including phenoxy) is 2. The van der Waals surface area contributed by atoms with Crippen LogP contribution in [0.3, 0.4) is 0 Å². The molecule has 3 rings (SSSR count). The Morgan fingerprint density at radius 3 is 2.65 bits per heavy atom. The summed E-state index contributed by atoms with van der Waals surface area (Å²) in [6.07, 6.45) is 0. The molecule has 1 fully saturated rings. The van der Waals surface area contributed by atoms with Crippen LogP contribution in [0.25, 0.3) is 10.9 Å². The maximum atomic E-state index is 12.9. The summed E-state index contributed by atoms with van der Waals surface area (Å²) in [6, 6.07) is 4.09. The van der Waals surface area contributed by atoms with Crippen LogP contribution in [0.1, 0.15) is 23.0 Å². The van der Waals surface area contributed by atoms with E-state index in [0.717, 1.165) is 0 Å². The molecule has 9 nitrogen and oxygen atoms in total. The lowest BCUT2D eigenvalue weighted by Crippen LogP contribution is -2.46. The fourth-order valence-corrected chi connectivity index (χ4v) is 3.15. The molecule has 1 aromatic heterocycles. The summed E-state index contributed by atoms with van der Waals surface area (Å²) in [4.78, 5) is 35.8. The zero-order chi connectivity index (χ0) is 18.8. The molecule has 9 heteroatoms. The zero-order valence-electron chi connectivity index (χ0n) is 14.6. The van der Waals surface area contributed by atoms with Crippen LogP contribution in [0.2, 0.25) is 0 Å². The third kappa shape index (κ3) is 3.01. The lowest BCUT2D eigenvalue weighted by molar-refractivity contribution is -0.384. The Bertz CT molecular complexity index is 930. The van der Waals surface area contributed by atoms with Crippen LogP contribution >= 0.6 is 0 Å². The summed E-state index contributed by atoms with van der Waals surface area (Å²) in [5, 5.41) is 13.2. The van der Waals surface area contributed by atoms with Crippen molar-refractivity contribution in [3.63, 3.8) is 0 Å². The van der Waals surface area contributed by atoms with Crippen LogP contribution in [0.15, 0.2) is 23.0 Å². The maximum Gasteiger partial charge on any atom is 0.344 e. The highest BCUT2D eigenvalue weighted by Gasteiger charge is 2.25. The van der Waals surface area contributed by atoms with Gasteiger partial charge in [-0.15, -0.1) is 0 Å². The molecule has 1 saturated heterocycles. The number of rotatable bonds is 4. The van der Waals surface area contributed by atoms with Gasteiger partial charge in [0, 0.05) is 12.1 Å². The molecule has 0 N–H and O–H groups in total. The van der Waals surface area contributed by atoms with E-state index in [4.69, 9.17) is 9.47 Å². The smallest absolute Gasteiger partial charge is 0.344 e. The summed E-state index contributed by atoms with van der Waals surface area (Å²) >= 11 is 0. The van der Waals surface area contributed by atoms with Crippen molar-refractivity contribution in [2.24, 2.45) is 0 Å². The van der Waals surface area contributed by atoms with Gasteiger partial charge in [0.2, 0.25) is 5.43 Å². The van der Waals surface area contributed by atoms with Gasteiger partial charge in [0.1, 0.15) is 5.56 Å². The van der Waals surface area contributed by atoms with Crippen molar-refractivity contribution in [2.75, 3.05) is 37.9 Å². The van der Waals surface area contributed by atoms with E-state index in [1.807, 2.05) is 5.01 Å². The predicted molar refractivity (Wildman–Crippen MR) is 94.3 cm³/mol. The van der Waals surface area contributed by atoms with E-state index < -0.39 is 16.3 Å². The Labute approximate surface area is 148 Å². The normalized spacial score (nSPS) is 14.5. The van der Waals surface area contributed by atoms with Crippen molar-refractivity contribution in [3.8, 4) is 0 Å². The lowest BCUT2D eigenvalue weighted by atomic mass is 10.1. The number of esters is 1. The van der Waals surface area contributed by atoms with E-state index in [2.05, 4.69) is 0 Å². The number of hydrogen-bond donors (Lipinski definition) is 0. The highest BCUT2D eigenvalue weighted by Crippen LogP contribution is 2.22. The number of pyridine rings is 1. The average molecular weight is 361 g/mol. The fraction of sp³-hybridized carbons (Fsp3) is 0.412. The van der Waals surface area contributed by atoms with Crippen LogP contribution in [0.4, 0.5) is 5.69 Å². The number of nitro groups is 1. The molecule has 1 aliphatic heterocycles. The first-order valence-electron chi connectivity index (χ1n) is 8.29. The van der Waals surface area contributed by atoms with Crippen molar-refractivity contribution < 1.29 is 19.2 Å². The van der Waals surface area contributed by atoms with E-state index in [1.54, 1.807) is 18.5 Å². The minimum absolute atomic E-state index is 0.105. The number of hydrogen-bond acceptors (Lipinski definition) is 7. The van der Waals surface area contributed by atoms with Gasteiger partial charge in [-0.1, -0.05) is 0 Å². The van der Waals surface area contributed by atoms with E-state index in [-0.39, 0.29) is 23.2 Å².